The topological polar surface area (TPSA) is 32.3 Å². The molecule has 2 atom stereocenters. The van der Waals surface area contributed by atoms with E-state index in [4.69, 9.17) is 0 Å². The van der Waals surface area contributed by atoms with Crippen molar-refractivity contribution in [1.82, 2.24) is 10.2 Å². The molecule has 2 rings (SSSR count). The van der Waals surface area contributed by atoms with Crippen LogP contribution in [0.2, 0.25) is 0 Å². The van der Waals surface area contributed by atoms with Crippen molar-refractivity contribution in [2.75, 3.05) is 13.6 Å². The van der Waals surface area contributed by atoms with Gasteiger partial charge in [-0.3, -0.25) is 10.1 Å². The summed E-state index contributed by atoms with van der Waals surface area (Å²) in [6.07, 6.45) is 0.883. The Morgan fingerprint density at radius 2 is 2.17 bits per heavy atom. The smallest absolute Gasteiger partial charge is 0.239 e. The lowest BCUT2D eigenvalue weighted by molar-refractivity contribution is -0.128. The van der Waals surface area contributed by atoms with Gasteiger partial charge in [-0.05, 0) is 31.0 Å². The molecule has 0 saturated carbocycles. The molecule has 1 aromatic rings. The van der Waals surface area contributed by atoms with E-state index in [1.165, 1.54) is 5.56 Å². The number of carbonyl (C=O) groups excluding carboxylic acids is 1. The standard InChI is InChI=1S/C13H16Br2N2O/c1-8(10-4-3-9(14)7-11(10)15)16-12-5-6-17(2)13(12)18/h3-4,7-8,12,16H,5-6H2,1-2H3. The predicted molar refractivity (Wildman–Crippen MR) is 79.4 cm³/mol. The van der Waals surface area contributed by atoms with Gasteiger partial charge in [0.1, 0.15) is 0 Å². The van der Waals surface area contributed by atoms with Gasteiger partial charge < -0.3 is 4.90 Å². The summed E-state index contributed by atoms with van der Waals surface area (Å²) in [7, 11) is 1.85. The Labute approximate surface area is 124 Å². The molecule has 5 heteroatoms. The van der Waals surface area contributed by atoms with E-state index < -0.39 is 0 Å². The fraction of sp³-hybridized carbons (Fsp3) is 0.462. The lowest BCUT2D eigenvalue weighted by Crippen LogP contribution is -2.38. The summed E-state index contributed by atoms with van der Waals surface area (Å²) >= 11 is 7.00. The van der Waals surface area contributed by atoms with Crippen molar-refractivity contribution >= 4 is 37.8 Å². The molecule has 1 aliphatic heterocycles. The zero-order valence-corrected chi connectivity index (χ0v) is 13.6. The van der Waals surface area contributed by atoms with Crippen LogP contribution in [0.4, 0.5) is 0 Å². The van der Waals surface area contributed by atoms with Gasteiger partial charge in [-0.2, -0.15) is 0 Å². The number of hydrogen-bond donors (Lipinski definition) is 1. The summed E-state index contributed by atoms with van der Waals surface area (Å²) < 4.78 is 2.10. The van der Waals surface area contributed by atoms with Crippen LogP contribution >= 0.6 is 31.9 Å². The monoisotopic (exact) mass is 374 g/mol. The first kappa shape index (κ1) is 14.0. The fourth-order valence-corrected chi connectivity index (χ4v) is 3.61. The molecule has 1 aliphatic rings. The van der Waals surface area contributed by atoms with E-state index in [0.717, 1.165) is 21.9 Å². The van der Waals surface area contributed by atoms with E-state index in [1.807, 2.05) is 19.2 Å². The molecule has 0 bridgehead atoms. The first-order chi connectivity index (χ1) is 8.49. The van der Waals surface area contributed by atoms with Gasteiger partial charge in [-0.1, -0.05) is 37.9 Å². The minimum atomic E-state index is -0.0550. The highest BCUT2D eigenvalue weighted by molar-refractivity contribution is 9.11. The summed E-state index contributed by atoms with van der Waals surface area (Å²) in [6.45, 7) is 2.92. The molecule has 1 fully saturated rings. The molecule has 1 N–H and O–H groups in total. The average Bonchev–Trinajstić information content (AvgIpc) is 2.61. The molecule has 2 unspecified atom stereocenters. The molecule has 3 nitrogen and oxygen atoms in total. The number of nitrogens with one attached hydrogen (secondary N) is 1. The number of hydrogen-bond acceptors (Lipinski definition) is 2. The number of amides is 1. The van der Waals surface area contributed by atoms with Crippen LogP contribution in [-0.4, -0.2) is 30.4 Å². The van der Waals surface area contributed by atoms with E-state index in [1.54, 1.807) is 4.90 Å². The zero-order chi connectivity index (χ0) is 13.3. The van der Waals surface area contributed by atoms with Gasteiger partial charge in [0.2, 0.25) is 5.91 Å². The van der Waals surface area contributed by atoms with Crippen molar-refractivity contribution in [3.8, 4) is 0 Å². The number of nitrogens with zero attached hydrogens (tertiary/aromatic N) is 1. The summed E-state index contributed by atoms with van der Waals surface area (Å²) in [5.74, 6) is 0.190. The quantitative estimate of drug-likeness (QED) is 0.880. The first-order valence-corrected chi connectivity index (χ1v) is 7.53. The van der Waals surface area contributed by atoms with Crippen LogP contribution in [-0.2, 0) is 4.79 Å². The van der Waals surface area contributed by atoms with Crippen molar-refractivity contribution in [1.29, 1.82) is 0 Å². The van der Waals surface area contributed by atoms with Crippen molar-refractivity contribution in [3.05, 3.63) is 32.7 Å². The molecular weight excluding hydrogens is 360 g/mol. The lowest BCUT2D eigenvalue weighted by atomic mass is 10.1. The van der Waals surface area contributed by atoms with Gasteiger partial charge in [-0.25, -0.2) is 0 Å². The van der Waals surface area contributed by atoms with Gasteiger partial charge in [-0.15, -0.1) is 0 Å². The van der Waals surface area contributed by atoms with Crippen molar-refractivity contribution < 1.29 is 4.79 Å². The van der Waals surface area contributed by atoms with E-state index in [9.17, 15) is 4.79 Å². The third kappa shape index (κ3) is 2.95. The van der Waals surface area contributed by atoms with E-state index >= 15 is 0 Å². The third-order valence-electron chi connectivity index (χ3n) is 3.31. The SMILES string of the molecule is CC(NC1CCN(C)C1=O)c1ccc(Br)cc1Br. The Morgan fingerprint density at radius 1 is 1.44 bits per heavy atom. The van der Waals surface area contributed by atoms with Crippen LogP contribution in [0.15, 0.2) is 27.1 Å². The fourth-order valence-electron chi connectivity index (χ4n) is 2.22. The maximum Gasteiger partial charge on any atom is 0.239 e. The van der Waals surface area contributed by atoms with Crippen LogP contribution < -0.4 is 5.32 Å². The van der Waals surface area contributed by atoms with Crippen LogP contribution in [0, 0.1) is 0 Å². The molecule has 1 aromatic carbocycles. The van der Waals surface area contributed by atoms with Crippen molar-refractivity contribution in [2.24, 2.45) is 0 Å². The Hall–Kier alpha value is -0.390. The minimum absolute atomic E-state index is 0.0550. The molecule has 0 radical (unpaired) electrons. The van der Waals surface area contributed by atoms with Crippen molar-refractivity contribution in [2.45, 2.75) is 25.4 Å². The third-order valence-corrected chi connectivity index (χ3v) is 4.49. The van der Waals surface area contributed by atoms with Crippen LogP contribution in [0.3, 0.4) is 0 Å². The molecule has 1 heterocycles. The van der Waals surface area contributed by atoms with Gasteiger partial charge >= 0.3 is 0 Å². The maximum absolute atomic E-state index is 11.9. The second-order valence-electron chi connectivity index (χ2n) is 4.66. The normalized spacial score (nSPS) is 21.4. The van der Waals surface area contributed by atoms with Crippen LogP contribution in [0.1, 0.15) is 24.9 Å². The maximum atomic E-state index is 11.9. The van der Waals surface area contributed by atoms with Crippen molar-refractivity contribution in [3.63, 3.8) is 0 Å². The molecule has 98 valence electrons. The Kier molecular flexibility index (Phi) is 4.45. The van der Waals surface area contributed by atoms with Crippen LogP contribution in [0.5, 0.6) is 0 Å². The number of carbonyl (C=O) groups is 1. The second-order valence-corrected chi connectivity index (χ2v) is 6.43. The highest BCUT2D eigenvalue weighted by Gasteiger charge is 2.30. The molecule has 0 aliphatic carbocycles. The number of rotatable bonds is 3. The molecule has 1 saturated heterocycles. The van der Waals surface area contributed by atoms with Gasteiger partial charge in [0.25, 0.3) is 0 Å². The Bertz CT molecular complexity index is 464. The number of benzene rings is 1. The summed E-state index contributed by atoms with van der Waals surface area (Å²) in [4.78, 5) is 13.6. The highest BCUT2D eigenvalue weighted by Crippen LogP contribution is 2.27. The van der Waals surface area contributed by atoms with Gasteiger partial charge in [0.15, 0.2) is 0 Å². The second kappa shape index (κ2) is 5.72. The van der Waals surface area contributed by atoms with E-state index in [2.05, 4.69) is 50.2 Å². The van der Waals surface area contributed by atoms with Gasteiger partial charge in [0, 0.05) is 28.6 Å². The number of likely N-dealkylation sites (tertiary alicyclic amines) is 1. The number of halogens is 2. The molecule has 18 heavy (non-hydrogen) atoms. The van der Waals surface area contributed by atoms with Gasteiger partial charge in [0.05, 0.1) is 6.04 Å². The summed E-state index contributed by atoms with van der Waals surface area (Å²) in [5, 5.41) is 3.40. The highest BCUT2D eigenvalue weighted by atomic mass is 79.9. The zero-order valence-electron chi connectivity index (χ0n) is 10.4. The molecule has 0 aromatic heterocycles. The summed E-state index contributed by atoms with van der Waals surface area (Å²) in [5.41, 5.74) is 1.17. The van der Waals surface area contributed by atoms with E-state index in [0.29, 0.717) is 0 Å². The van der Waals surface area contributed by atoms with E-state index in [-0.39, 0.29) is 18.0 Å². The molecule has 1 amide bonds. The Morgan fingerprint density at radius 3 is 2.72 bits per heavy atom. The largest absolute Gasteiger partial charge is 0.344 e. The lowest BCUT2D eigenvalue weighted by Gasteiger charge is -2.20. The predicted octanol–water partition coefficient (Wildman–Crippen LogP) is 3.09. The average molecular weight is 376 g/mol. The van der Waals surface area contributed by atoms with Crippen LogP contribution in [0.25, 0.3) is 0 Å². The Balaban J connectivity index is 2.08. The minimum Gasteiger partial charge on any atom is -0.344 e. The number of likely N-dealkylation sites (N-methyl/N-ethyl adjacent to an activating group) is 1. The summed E-state index contributed by atoms with van der Waals surface area (Å²) in [6, 6.07) is 6.19. The molecule has 0 spiro atoms. The molecular formula is C13H16Br2N2O. The first-order valence-electron chi connectivity index (χ1n) is 5.95.